The zero-order chi connectivity index (χ0) is 22.3. The lowest BCUT2D eigenvalue weighted by molar-refractivity contribution is 0.0527. The summed E-state index contributed by atoms with van der Waals surface area (Å²) in [5.74, 6) is -2.09. The van der Waals surface area contributed by atoms with Crippen molar-refractivity contribution < 1.29 is 18.7 Å². The molecule has 30 heavy (non-hydrogen) atoms. The fraction of sp³-hybridized carbons (Fsp3) is 0.211. The van der Waals surface area contributed by atoms with Crippen LogP contribution in [0.25, 0.3) is 0 Å². The third-order valence-electron chi connectivity index (χ3n) is 3.67. The van der Waals surface area contributed by atoms with E-state index >= 15 is 0 Å². The highest BCUT2D eigenvalue weighted by atomic mass is 35.6. The summed E-state index contributed by atoms with van der Waals surface area (Å²) < 4.78 is 16.8. The largest absolute Gasteiger partial charge is 0.462 e. The molecule has 2 aromatic carbocycles. The minimum absolute atomic E-state index is 0.0584. The molecule has 1 unspecified atom stereocenters. The number of halogens is 4. The molecule has 0 aliphatic carbocycles. The van der Waals surface area contributed by atoms with Gasteiger partial charge in [0.2, 0.25) is 3.79 Å². The number of alkyl halides is 3. The van der Waals surface area contributed by atoms with Crippen molar-refractivity contribution in [2.45, 2.75) is 16.9 Å². The van der Waals surface area contributed by atoms with Gasteiger partial charge in [-0.2, -0.15) is 0 Å². The number of nitrogens with one attached hydrogen (secondary N) is 3. The number of carbonyl (C=O) groups excluding carboxylic acids is 2. The van der Waals surface area contributed by atoms with E-state index < -0.39 is 27.7 Å². The second-order valence-corrected chi connectivity index (χ2v) is 8.57. The molecule has 160 valence electrons. The predicted molar refractivity (Wildman–Crippen MR) is 120 cm³/mol. The first kappa shape index (κ1) is 24.1. The second-order valence-electron chi connectivity index (χ2n) is 5.79. The standard InChI is InChI=1S/C19H17Cl3FN3O3S/c1-2-29-16(28)12-8-4-6-10-14(12)24-18(30)26-17(19(20,21)22)25-15(27)11-7-3-5-9-13(11)23/h3-10,17H,2H2,1H3,(H,25,27)(H2,24,26,30). The molecule has 1 amide bonds. The van der Waals surface area contributed by atoms with Crippen LogP contribution in [0.3, 0.4) is 0 Å². The van der Waals surface area contributed by atoms with Crippen LogP contribution < -0.4 is 16.0 Å². The van der Waals surface area contributed by atoms with Crippen LogP contribution in [0.5, 0.6) is 0 Å². The molecule has 0 radical (unpaired) electrons. The Morgan fingerprint density at radius 2 is 1.67 bits per heavy atom. The van der Waals surface area contributed by atoms with Gasteiger partial charge in [0.1, 0.15) is 12.0 Å². The number of para-hydroxylation sites is 1. The number of hydrogen-bond donors (Lipinski definition) is 3. The van der Waals surface area contributed by atoms with Crippen LogP contribution in [0.15, 0.2) is 48.5 Å². The van der Waals surface area contributed by atoms with E-state index in [1.807, 2.05) is 0 Å². The maximum atomic E-state index is 13.9. The van der Waals surface area contributed by atoms with Crippen molar-refractivity contribution >= 4 is 69.7 Å². The lowest BCUT2D eigenvalue weighted by atomic mass is 10.2. The van der Waals surface area contributed by atoms with Crippen molar-refractivity contribution in [2.24, 2.45) is 0 Å². The second kappa shape index (κ2) is 10.8. The number of rotatable bonds is 6. The van der Waals surface area contributed by atoms with Crippen LogP contribution in [0.1, 0.15) is 27.6 Å². The van der Waals surface area contributed by atoms with E-state index in [0.717, 1.165) is 6.07 Å². The fourth-order valence-electron chi connectivity index (χ4n) is 2.32. The molecule has 0 heterocycles. The monoisotopic (exact) mass is 491 g/mol. The van der Waals surface area contributed by atoms with Crippen molar-refractivity contribution in [3.05, 3.63) is 65.5 Å². The molecule has 2 aromatic rings. The number of ether oxygens (including phenoxy) is 1. The van der Waals surface area contributed by atoms with Gasteiger partial charge in [-0.25, -0.2) is 9.18 Å². The first-order valence-corrected chi connectivity index (χ1v) is 10.1. The topological polar surface area (TPSA) is 79.5 Å². The number of amides is 1. The zero-order valence-electron chi connectivity index (χ0n) is 15.5. The first-order valence-electron chi connectivity index (χ1n) is 8.59. The minimum Gasteiger partial charge on any atom is -0.462 e. The van der Waals surface area contributed by atoms with Crippen LogP contribution in [0.4, 0.5) is 10.1 Å². The van der Waals surface area contributed by atoms with Gasteiger partial charge < -0.3 is 20.7 Å². The molecule has 0 saturated heterocycles. The molecule has 0 aliphatic heterocycles. The summed E-state index contributed by atoms with van der Waals surface area (Å²) in [5, 5.41) is 7.76. The molecule has 0 spiro atoms. The Morgan fingerprint density at radius 3 is 2.27 bits per heavy atom. The summed E-state index contributed by atoms with van der Waals surface area (Å²) in [6.45, 7) is 1.89. The highest BCUT2D eigenvalue weighted by Gasteiger charge is 2.35. The molecule has 0 saturated carbocycles. The quantitative estimate of drug-likeness (QED) is 0.240. The molecular weight excluding hydrogens is 476 g/mol. The number of esters is 1. The SMILES string of the molecule is CCOC(=O)c1ccccc1NC(=S)NC(NC(=O)c1ccccc1F)C(Cl)(Cl)Cl. The summed E-state index contributed by atoms with van der Waals surface area (Å²) >= 11 is 23.0. The van der Waals surface area contributed by atoms with E-state index in [1.54, 1.807) is 31.2 Å². The summed E-state index contributed by atoms with van der Waals surface area (Å²) in [6, 6.07) is 11.8. The highest BCUT2D eigenvalue weighted by molar-refractivity contribution is 7.80. The van der Waals surface area contributed by atoms with Crippen molar-refractivity contribution in [3.63, 3.8) is 0 Å². The normalized spacial score (nSPS) is 11.9. The third kappa shape index (κ3) is 6.70. The first-order chi connectivity index (χ1) is 14.1. The average Bonchev–Trinajstić information content (AvgIpc) is 2.67. The predicted octanol–water partition coefficient (Wildman–Crippen LogP) is 4.42. The summed E-state index contributed by atoms with van der Waals surface area (Å²) in [4.78, 5) is 24.5. The van der Waals surface area contributed by atoms with Crippen molar-refractivity contribution in [1.29, 1.82) is 0 Å². The van der Waals surface area contributed by atoms with Crippen molar-refractivity contribution in [3.8, 4) is 0 Å². The van der Waals surface area contributed by atoms with E-state index in [2.05, 4.69) is 16.0 Å². The van der Waals surface area contributed by atoms with Gasteiger partial charge in [-0.15, -0.1) is 0 Å². The van der Waals surface area contributed by atoms with Gasteiger partial charge >= 0.3 is 5.97 Å². The smallest absolute Gasteiger partial charge is 0.340 e. The van der Waals surface area contributed by atoms with Crippen molar-refractivity contribution in [1.82, 2.24) is 10.6 Å². The van der Waals surface area contributed by atoms with E-state index in [4.69, 9.17) is 51.8 Å². The van der Waals surface area contributed by atoms with Crippen LogP contribution in [-0.4, -0.2) is 33.6 Å². The molecule has 6 nitrogen and oxygen atoms in total. The van der Waals surface area contributed by atoms with Crippen molar-refractivity contribution in [2.75, 3.05) is 11.9 Å². The van der Waals surface area contributed by atoms with E-state index in [9.17, 15) is 14.0 Å². The number of anilines is 1. The van der Waals surface area contributed by atoms with E-state index in [-0.39, 0.29) is 22.8 Å². The van der Waals surface area contributed by atoms with E-state index in [1.165, 1.54) is 18.2 Å². The maximum Gasteiger partial charge on any atom is 0.340 e. The average molecular weight is 493 g/mol. The maximum absolute atomic E-state index is 13.9. The number of carbonyl (C=O) groups is 2. The molecule has 0 bridgehead atoms. The Hall–Kier alpha value is -2.13. The van der Waals surface area contributed by atoms with Crippen LogP contribution in [0.2, 0.25) is 0 Å². The number of hydrogen-bond acceptors (Lipinski definition) is 4. The Balaban J connectivity index is 2.15. The third-order valence-corrected chi connectivity index (χ3v) is 4.54. The Kier molecular flexibility index (Phi) is 8.66. The number of benzene rings is 2. The molecule has 2 rings (SSSR count). The minimum atomic E-state index is -2.03. The summed E-state index contributed by atoms with van der Waals surface area (Å²) in [6.07, 6.45) is -1.32. The highest BCUT2D eigenvalue weighted by Crippen LogP contribution is 2.29. The Morgan fingerprint density at radius 1 is 1.07 bits per heavy atom. The molecule has 0 aliphatic rings. The van der Waals surface area contributed by atoms with Gasteiger partial charge in [-0.3, -0.25) is 4.79 Å². The Bertz CT molecular complexity index is 940. The molecule has 0 aromatic heterocycles. The number of thiocarbonyl (C=S) groups is 1. The molecule has 1 atom stereocenters. The van der Waals surface area contributed by atoms with E-state index in [0.29, 0.717) is 5.69 Å². The van der Waals surface area contributed by atoms with Gasteiger partial charge in [0, 0.05) is 0 Å². The lowest BCUT2D eigenvalue weighted by Gasteiger charge is -2.28. The summed E-state index contributed by atoms with van der Waals surface area (Å²) in [7, 11) is 0. The van der Waals surface area contributed by atoms with Gasteiger partial charge in [-0.1, -0.05) is 59.1 Å². The summed E-state index contributed by atoms with van der Waals surface area (Å²) in [5.41, 5.74) is 0.353. The van der Waals surface area contributed by atoms with Gasteiger partial charge in [0.05, 0.1) is 23.4 Å². The zero-order valence-corrected chi connectivity index (χ0v) is 18.6. The molecular formula is C19H17Cl3FN3O3S. The molecule has 0 fully saturated rings. The van der Waals surface area contributed by atoms with Crippen LogP contribution >= 0.6 is 47.0 Å². The van der Waals surface area contributed by atoms with Gasteiger partial charge in [0.25, 0.3) is 5.91 Å². The molecule has 3 N–H and O–H groups in total. The molecule has 11 heteroatoms. The van der Waals surface area contributed by atoms with Gasteiger partial charge in [0.15, 0.2) is 5.11 Å². The van der Waals surface area contributed by atoms with Crippen LogP contribution in [0, 0.1) is 5.82 Å². The van der Waals surface area contributed by atoms with Crippen LogP contribution in [-0.2, 0) is 4.74 Å². The Labute approximate surface area is 193 Å². The lowest BCUT2D eigenvalue weighted by Crippen LogP contribution is -2.56. The fourth-order valence-corrected chi connectivity index (χ4v) is 2.88. The van der Waals surface area contributed by atoms with Gasteiger partial charge in [-0.05, 0) is 43.4 Å².